The Balaban J connectivity index is 1.80. The van der Waals surface area contributed by atoms with Gasteiger partial charge in [-0.25, -0.2) is 0 Å². The summed E-state index contributed by atoms with van der Waals surface area (Å²) in [5.41, 5.74) is 8.79. The van der Waals surface area contributed by atoms with Gasteiger partial charge in [-0.05, 0) is 29.3 Å². The van der Waals surface area contributed by atoms with Crippen molar-refractivity contribution in [2.24, 2.45) is 0 Å². The number of hydrogen-bond acceptors (Lipinski definition) is 4. The lowest BCUT2D eigenvalue weighted by molar-refractivity contribution is -0.134. The van der Waals surface area contributed by atoms with Crippen molar-refractivity contribution in [2.75, 3.05) is 24.3 Å². The second kappa shape index (κ2) is 6.68. The Bertz CT molecular complexity index is 1220. The third-order valence-electron chi connectivity index (χ3n) is 5.84. The topological polar surface area (TPSA) is 72.6 Å². The lowest BCUT2D eigenvalue weighted by Gasteiger charge is -2.25. The molecule has 2 aliphatic heterocycles. The van der Waals surface area contributed by atoms with E-state index in [1.165, 1.54) is 0 Å². The predicted molar refractivity (Wildman–Crippen MR) is 116 cm³/mol. The number of amides is 1. The molecule has 0 saturated carbocycles. The Morgan fingerprint density at radius 2 is 1.73 bits per heavy atom. The van der Waals surface area contributed by atoms with Crippen LogP contribution in [0.25, 0.3) is 5.57 Å². The standard InChI is InChI=1S/C25H20N2O3/c1-27-21-13-6-5-12-20(21)25(24(27)29)22(23(28)17-10-7-11-18(26)14-17)19(15-30-25)16-8-3-2-4-9-16/h2-14H,15,26H2,1H3. The average molecular weight is 396 g/mol. The van der Waals surface area contributed by atoms with Crippen LogP contribution in [-0.2, 0) is 15.1 Å². The number of ether oxygens (including phenoxy) is 1. The van der Waals surface area contributed by atoms with Gasteiger partial charge < -0.3 is 15.4 Å². The van der Waals surface area contributed by atoms with Crippen LogP contribution in [0.2, 0.25) is 0 Å². The van der Waals surface area contributed by atoms with Gasteiger partial charge in [0.25, 0.3) is 5.91 Å². The van der Waals surface area contributed by atoms with E-state index >= 15 is 0 Å². The number of nitrogens with zero attached hydrogens (tertiary/aromatic N) is 1. The van der Waals surface area contributed by atoms with Crippen LogP contribution in [0.5, 0.6) is 0 Å². The molecule has 2 aliphatic rings. The molecule has 3 aromatic carbocycles. The summed E-state index contributed by atoms with van der Waals surface area (Å²) in [7, 11) is 1.71. The van der Waals surface area contributed by atoms with Crippen LogP contribution in [0.3, 0.4) is 0 Å². The molecular weight excluding hydrogens is 376 g/mol. The van der Waals surface area contributed by atoms with Crippen molar-refractivity contribution in [1.29, 1.82) is 0 Å². The summed E-state index contributed by atoms with van der Waals surface area (Å²) in [5.74, 6) is -0.515. The molecule has 30 heavy (non-hydrogen) atoms. The molecule has 1 unspecified atom stereocenters. The summed E-state index contributed by atoms with van der Waals surface area (Å²) in [6.45, 7) is 0.168. The molecule has 1 amide bonds. The van der Waals surface area contributed by atoms with Crippen molar-refractivity contribution in [2.45, 2.75) is 5.60 Å². The smallest absolute Gasteiger partial charge is 0.268 e. The number of para-hydroxylation sites is 1. The molecule has 0 saturated heterocycles. The van der Waals surface area contributed by atoms with Gasteiger partial charge in [0.05, 0.1) is 17.9 Å². The quantitative estimate of drug-likeness (QED) is 0.540. The fourth-order valence-corrected chi connectivity index (χ4v) is 4.43. The Morgan fingerprint density at radius 3 is 2.50 bits per heavy atom. The number of carbonyl (C=O) groups excluding carboxylic acids is 2. The highest BCUT2D eigenvalue weighted by molar-refractivity contribution is 6.23. The number of carbonyl (C=O) groups is 2. The van der Waals surface area contributed by atoms with E-state index in [1.54, 1.807) is 36.2 Å². The summed E-state index contributed by atoms with van der Waals surface area (Å²) in [6.07, 6.45) is 0. The van der Waals surface area contributed by atoms with Gasteiger partial charge in [0.15, 0.2) is 5.78 Å². The maximum atomic E-state index is 13.8. The summed E-state index contributed by atoms with van der Waals surface area (Å²) in [5, 5.41) is 0. The monoisotopic (exact) mass is 396 g/mol. The van der Waals surface area contributed by atoms with Gasteiger partial charge in [0.1, 0.15) is 0 Å². The zero-order valence-corrected chi connectivity index (χ0v) is 16.5. The second-order valence-corrected chi connectivity index (χ2v) is 7.53. The molecule has 148 valence electrons. The van der Waals surface area contributed by atoms with E-state index < -0.39 is 5.60 Å². The van der Waals surface area contributed by atoms with Crippen LogP contribution in [-0.4, -0.2) is 25.3 Å². The average Bonchev–Trinajstić information content (AvgIpc) is 3.28. The fourth-order valence-electron chi connectivity index (χ4n) is 4.43. The van der Waals surface area contributed by atoms with E-state index in [2.05, 4.69) is 0 Å². The van der Waals surface area contributed by atoms with E-state index in [0.717, 1.165) is 16.8 Å². The number of nitrogens with two attached hydrogens (primary N) is 1. The van der Waals surface area contributed by atoms with Gasteiger partial charge in [0.2, 0.25) is 5.60 Å². The van der Waals surface area contributed by atoms with Crippen LogP contribution < -0.4 is 10.6 Å². The van der Waals surface area contributed by atoms with Crippen LogP contribution >= 0.6 is 0 Å². The third-order valence-corrected chi connectivity index (χ3v) is 5.84. The number of Topliss-reactive ketones (excluding diaryl/α,β-unsaturated/α-hetero) is 1. The summed E-state index contributed by atoms with van der Waals surface area (Å²) < 4.78 is 6.25. The molecule has 0 aromatic heterocycles. The molecule has 1 spiro atoms. The highest BCUT2D eigenvalue weighted by atomic mass is 16.5. The maximum absolute atomic E-state index is 13.8. The van der Waals surface area contributed by atoms with Gasteiger partial charge in [-0.2, -0.15) is 0 Å². The minimum atomic E-state index is -1.46. The number of benzene rings is 3. The Kier molecular flexibility index (Phi) is 4.08. The number of likely N-dealkylation sites (N-methyl/N-ethyl adjacent to an activating group) is 1. The number of rotatable bonds is 3. The van der Waals surface area contributed by atoms with Crippen molar-refractivity contribution >= 4 is 28.6 Å². The second-order valence-electron chi connectivity index (χ2n) is 7.53. The van der Waals surface area contributed by atoms with Gasteiger partial charge in [-0.15, -0.1) is 0 Å². The molecule has 0 aliphatic carbocycles. The lowest BCUT2D eigenvalue weighted by atomic mass is 9.80. The van der Waals surface area contributed by atoms with E-state index in [9.17, 15) is 9.59 Å². The normalized spacial score (nSPS) is 20.2. The van der Waals surface area contributed by atoms with Gasteiger partial charge in [-0.1, -0.05) is 60.7 Å². The van der Waals surface area contributed by atoms with Crippen molar-refractivity contribution < 1.29 is 14.3 Å². The maximum Gasteiger partial charge on any atom is 0.268 e. The SMILES string of the molecule is CN1C(=O)C2(OCC(c3ccccc3)=C2C(=O)c2cccc(N)c2)c2ccccc21. The van der Waals surface area contributed by atoms with E-state index in [0.29, 0.717) is 22.4 Å². The molecule has 0 bridgehead atoms. The van der Waals surface area contributed by atoms with E-state index in [4.69, 9.17) is 10.5 Å². The van der Waals surface area contributed by atoms with Gasteiger partial charge in [0, 0.05) is 23.9 Å². The molecule has 0 radical (unpaired) electrons. The minimum absolute atomic E-state index is 0.168. The van der Waals surface area contributed by atoms with Crippen molar-refractivity contribution in [3.63, 3.8) is 0 Å². The Labute approximate surface area is 174 Å². The molecule has 5 nitrogen and oxygen atoms in total. The van der Waals surface area contributed by atoms with Gasteiger partial charge >= 0.3 is 0 Å². The zero-order valence-electron chi connectivity index (χ0n) is 16.5. The highest BCUT2D eigenvalue weighted by Gasteiger charge is 2.59. The fraction of sp³-hybridized carbons (Fsp3) is 0.120. The van der Waals surface area contributed by atoms with E-state index in [-0.39, 0.29) is 18.3 Å². The Hall–Kier alpha value is -3.70. The predicted octanol–water partition coefficient (Wildman–Crippen LogP) is 3.81. The summed E-state index contributed by atoms with van der Waals surface area (Å²) in [6, 6.07) is 23.9. The molecule has 2 heterocycles. The lowest BCUT2D eigenvalue weighted by Crippen LogP contribution is -2.42. The van der Waals surface area contributed by atoms with Crippen LogP contribution in [0.1, 0.15) is 21.5 Å². The molecule has 5 heteroatoms. The van der Waals surface area contributed by atoms with Crippen molar-refractivity contribution in [1.82, 2.24) is 0 Å². The molecule has 3 aromatic rings. The molecule has 2 N–H and O–H groups in total. The van der Waals surface area contributed by atoms with Crippen LogP contribution in [0, 0.1) is 0 Å². The first-order valence-corrected chi connectivity index (χ1v) is 9.75. The number of ketones is 1. The minimum Gasteiger partial charge on any atom is -0.399 e. The molecular formula is C25H20N2O3. The number of hydrogen-bond donors (Lipinski definition) is 1. The first-order chi connectivity index (χ1) is 14.5. The number of fused-ring (bicyclic) bond motifs is 2. The largest absolute Gasteiger partial charge is 0.399 e. The van der Waals surface area contributed by atoms with E-state index in [1.807, 2.05) is 54.6 Å². The zero-order chi connectivity index (χ0) is 20.9. The first kappa shape index (κ1) is 18.3. The van der Waals surface area contributed by atoms with Crippen molar-refractivity contribution in [3.8, 4) is 0 Å². The molecule has 0 fully saturated rings. The summed E-state index contributed by atoms with van der Waals surface area (Å²) >= 11 is 0. The molecule has 1 atom stereocenters. The Morgan fingerprint density at radius 1 is 1.00 bits per heavy atom. The third kappa shape index (κ3) is 2.46. The number of anilines is 2. The number of nitrogen functional groups attached to an aromatic ring is 1. The summed E-state index contributed by atoms with van der Waals surface area (Å²) in [4.78, 5) is 29.0. The highest BCUT2D eigenvalue weighted by Crippen LogP contribution is 2.53. The van der Waals surface area contributed by atoms with Crippen LogP contribution in [0.4, 0.5) is 11.4 Å². The van der Waals surface area contributed by atoms with Crippen LogP contribution in [0.15, 0.2) is 84.4 Å². The van der Waals surface area contributed by atoms with Gasteiger partial charge in [-0.3, -0.25) is 9.59 Å². The van der Waals surface area contributed by atoms with Crippen molar-refractivity contribution in [3.05, 3.63) is 101 Å². The first-order valence-electron chi connectivity index (χ1n) is 9.75. The molecule has 5 rings (SSSR count).